The Balaban J connectivity index is 0. The number of nitrogens with one attached hydrogen (secondary N) is 1. The minimum atomic E-state index is -4.67. The number of aromatic nitrogens is 2. The summed E-state index contributed by atoms with van der Waals surface area (Å²) in [6.45, 7) is 0. The fraction of sp³-hybridized carbons (Fsp3) is 0. The maximum atomic E-state index is 8.74. The summed E-state index contributed by atoms with van der Waals surface area (Å²) in [5.74, 6) is 0. The van der Waals surface area contributed by atoms with Crippen molar-refractivity contribution in [3.05, 3.63) is 18.7 Å². The lowest BCUT2D eigenvalue weighted by molar-refractivity contribution is 0.381. The Kier molecular flexibility index (Phi) is 9.48. The third kappa shape index (κ3) is 68.9. The molecule has 0 aliphatic carbocycles. The molecule has 9 nitrogen and oxygen atoms in total. The van der Waals surface area contributed by atoms with Gasteiger partial charge in [0.15, 0.2) is 0 Å². The Morgan fingerprint density at radius 2 is 1.64 bits per heavy atom. The van der Waals surface area contributed by atoms with Crippen LogP contribution in [0.5, 0.6) is 0 Å². The fourth-order valence-corrected chi connectivity index (χ4v) is 0.215. The zero-order valence-corrected chi connectivity index (χ0v) is 8.22. The van der Waals surface area contributed by atoms with Gasteiger partial charge in [0.25, 0.3) is 11.0 Å². The van der Waals surface area contributed by atoms with Gasteiger partial charge in [0.05, 0.1) is 6.33 Å². The smallest absolute Gasteiger partial charge is 0.351 e. The topological polar surface area (TPSA) is 158 Å². The lowest BCUT2D eigenvalue weighted by atomic mass is 11.0. The van der Waals surface area contributed by atoms with Crippen molar-refractivity contribution in [1.29, 1.82) is 0 Å². The normalized spacial score (nSPS) is 9.43. The molecule has 0 atom stereocenters. The van der Waals surface area contributed by atoms with Crippen molar-refractivity contribution in [3.8, 4) is 0 Å². The molecule has 1 aromatic heterocycles. The first-order valence-corrected chi connectivity index (χ1v) is 5.22. The summed E-state index contributed by atoms with van der Waals surface area (Å²) in [4.78, 5) is 6.42. The molecular formula is C3H8N2O7S2. The largest absolute Gasteiger partial charge is 0.394 e. The number of nitrogens with zero attached hydrogens (tertiary/aromatic N) is 1. The number of rotatable bonds is 0. The van der Waals surface area contributed by atoms with Crippen molar-refractivity contribution in [2.45, 2.75) is 0 Å². The van der Waals surface area contributed by atoms with Crippen molar-refractivity contribution in [3.63, 3.8) is 0 Å². The molecule has 0 aromatic carbocycles. The Labute approximate surface area is 81.2 Å². The molecule has 1 heterocycles. The lowest BCUT2D eigenvalue weighted by Crippen LogP contribution is -1.89. The maximum absolute atomic E-state index is 8.74. The molecule has 0 amide bonds. The average molecular weight is 248 g/mol. The first-order valence-electron chi connectivity index (χ1n) is 2.69. The predicted octanol–water partition coefficient (Wildman–Crippen LogP) is -1.17. The standard InChI is InChI=1S/C3H4N2.H2O4S.H2O3S/c1-2-5-3-4-1;1-5(2,3)4;1-4(2)3/h1-3H,(H,4,5);(H2,1,2,3,4);4H,(H,1,2,3). The van der Waals surface area contributed by atoms with Gasteiger partial charge in [-0.25, -0.2) is 13.4 Å². The van der Waals surface area contributed by atoms with E-state index in [1.807, 2.05) is 0 Å². The molecule has 0 bridgehead atoms. The number of aromatic amines is 1. The van der Waals surface area contributed by atoms with Crippen LogP contribution in [0.15, 0.2) is 18.7 Å². The molecule has 1 aromatic rings. The molecule has 1 rings (SSSR count). The molecule has 0 aliphatic rings. The summed E-state index contributed by atoms with van der Waals surface area (Å²) in [6.07, 6.45) is 5.08. The van der Waals surface area contributed by atoms with E-state index >= 15 is 0 Å². The molecule has 11 heteroatoms. The summed E-state index contributed by atoms with van der Waals surface area (Å²) in [7, 11) is -7.79. The number of thiol groups is 1. The van der Waals surface area contributed by atoms with E-state index in [1.54, 1.807) is 18.7 Å². The summed E-state index contributed by atoms with van der Waals surface area (Å²) < 4.78 is 55.8. The van der Waals surface area contributed by atoms with Gasteiger partial charge in [0, 0.05) is 12.4 Å². The number of hydrogen-bond acceptors (Lipinski definition) is 5. The minimum absolute atomic E-state index is 1.62. The van der Waals surface area contributed by atoms with E-state index in [9.17, 15) is 0 Å². The van der Waals surface area contributed by atoms with Crippen LogP contribution in [0.1, 0.15) is 0 Å². The van der Waals surface area contributed by atoms with Crippen LogP contribution < -0.4 is 0 Å². The maximum Gasteiger partial charge on any atom is 0.394 e. The predicted molar refractivity (Wildman–Crippen MR) is 45.7 cm³/mol. The van der Waals surface area contributed by atoms with Crippen molar-refractivity contribution in [1.82, 2.24) is 9.97 Å². The van der Waals surface area contributed by atoms with Gasteiger partial charge < -0.3 is 4.98 Å². The number of hydrogen-bond donors (Lipinski definition) is 5. The van der Waals surface area contributed by atoms with Crippen LogP contribution in [0.25, 0.3) is 0 Å². The zero-order valence-electron chi connectivity index (χ0n) is 6.51. The zero-order chi connectivity index (χ0) is 11.6. The van der Waals surface area contributed by atoms with E-state index in [0.717, 1.165) is 0 Å². The van der Waals surface area contributed by atoms with Gasteiger partial charge in [0.1, 0.15) is 0 Å². The molecular weight excluding hydrogens is 240 g/mol. The molecule has 14 heavy (non-hydrogen) atoms. The molecule has 4 N–H and O–H groups in total. The molecule has 0 saturated carbocycles. The molecule has 84 valence electrons. The van der Waals surface area contributed by atoms with Crippen LogP contribution in [-0.2, 0) is 21.4 Å². The Hall–Kier alpha value is -1.01. The van der Waals surface area contributed by atoms with Crippen LogP contribution in [-0.4, -0.2) is 40.5 Å². The Bertz CT molecular complexity index is 332. The van der Waals surface area contributed by atoms with E-state index in [0.29, 0.717) is 0 Å². The third-order valence-corrected chi connectivity index (χ3v) is 0.406. The summed E-state index contributed by atoms with van der Waals surface area (Å²) in [6, 6.07) is 0. The number of imidazole rings is 1. The minimum Gasteiger partial charge on any atom is -0.351 e. The van der Waals surface area contributed by atoms with Crippen LogP contribution in [0.3, 0.4) is 0 Å². The quantitative estimate of drug-likeness (QED) is 0.283. The molecule has 0 unspecified atom stereocenters. The second-order valence-electron chi connectivity index (χ2n) is 1.45. The molecule has 0 radical (unpaired) electrons. The van der Waals surface area contributed by atoms with Crippen LogP contribution in [0.2, 0.25) is 0 Å². The van der Waals surface area contributed by atoms with Crippen molar-refractivity contribution >= 4 is 21.4 Å². The van der Waals surface area contributed by atoms with E-state index in [-0.39, 0.29) is 0 Å². The van der Waals surface area contributed by atoms with Crippen molar-refractivity contribution < 1.29 is 30.5 Å². The molecule has 0 aliphatic heterocycles. The van der Waals surface area contributed by atoms with E-state index < -0.39 is 21.4 Å². The van der Waals surface area contributed by atoms with Crippen molar-refractivity contribution in [2.75, 3.05) is 0 Å². The van der Waals surface area contributed by atoms with Crippen LogP contribution in [0, 0.1) is 0 Å². The van der Waals surface area contributed by atoms with Crippen molar-refractivity contribution in [2.24, 2.45) is 0 Å². The SMILES string of the molecule is O=S(=O)(O)O.O=[SH](=O)O.c1c[nH]cn1. The van der Waals surface area contributed by atoms with Gasteiger partial charge in [0.2, 0.25) is 0 Å². The highest BCUT2D eigenvalue weighted by Gasteiger charge is 1.84. The van der Waals surface area contributed by atoms with Crippen LogP contribution in [0.4, 0.5) is 0 Å². The summed E-state index contributed by atoms with van der Waals surface area (Å²) in [5, 5.41) is 0. The monoisotopic (exact) mass is 248 g/mol. The van der Waals surface area contributed by atoms with Gasteiger partial charge in [-0.3, -0.25) is 13.7 Å². The highest BCUT2D eigenvalue weighted by molar-refractivity contribution is 7.79. The first kappa shape index (κ1) is 15.5. The molecule has 0 saturated heterocycles. The van der Waals surface area contributed by atoms with E-state index in [1.165, 1.54) is 0 Å². The third-order valence-electron chi connectivity index (χ3n) is 0.406. The molecule has 0 fully saturated rings. The second kappa shape index (κ2) is 8.58. The summed E-state index contributed by atoms with van der Waals surface area (Å²) >= 11 is 0. The Morgan fingerprint density at radius 3 is 1.71 bits per heavy atom. The van der Waals surface area contributed by atoms with Gasteiger partial charge in [-0.1, -0.05) is 0 Å². The van der Waals surface area contributed by atoms with Gasteiger partial charge in [-0.2, -0.15) is 8.42 Å². The van der Waals surface area contributed by atoms with E-state index in [4.69, 9.17) is 30.5 Å². The fourth-order valence-electron chi connectivity index (χ4n) is 0.215. The number of H-pyrrole nitrogens is 1. The Morgan fingerprint density at radius 1 is 1.29 bits per heavy atom. The van der Waals surface area contributed by atoms with Gasteiger partial charge >= 0.3 is 10.4 Å². The average Bonchev–Trinajstić information content (AvgIpc) is 2.32. The van der Waals surface area contributed by atoms with Gasteiger partial charge in [-0.15, -0.1) is 0 Å². The second-order valence-corrected chi connectivity index (χ2v) is 2.82. The highest BCUT2D eigenvalue weighted by atomic mass is 32.3. The lowest BCUT2D eigenvalue weighted by Gasteiger charge is -1.68. The summed E-state index contributed by atoms with van der Waals surface area (Å²) in [5.41, 5.74) is 0. The van der Waals surface area contributed by atoms with Gasteiger partial charge in [-0.05, 0) is 0 Å². The van der Waals surface area contributed by atoms with Crippen LogP contribution >= 0.6 is 0 Å². The highest BCUT2D eigenvalue weighted by Crippen LogP contribution is 1.62. The molecule has 0 spiro atoms. The first-order chi connectivity index (χ1) is 6.23. The van der Waals surface area contributed by atoms with E-state index in [2.05, 4.69) is 9.97 Å².